The number of hydrogen-bond donors (Lipinski definition) is 1. The van der Waals surface area contributed by atoms with Crippen LogP contribution in [0.1, 0.15) is 23.7 Å². The molecule has 1 fully saturated rings. The van der Waals surface area contributed by atoms with Crippen molar-refractivity contribution >= 4 is 16.9 Å². The predicted octanol–water partition coefficient (Wildman–Crippen LogP) is 1.66. The molecule has 8 nitrogen and oxygen atoms in total. The standard InChI is InChI=1S/C21H28N6O2/c1-16-21-19(25(2)24-16)15-23-27(21)9-8-20(28)22-14-18(17-6-4-3-5-7-17)26-10-12-29-13-11-26/h3-7,15,18H,8-14H2,1-2H3,(H,22,28). The van der Waals surface area contributed by atoms with Crippen molar-refractivity contribution < 1.29 is 9.53 Å². The summed E-state index contributed by atoms with van der Waals surface area (Å²) in [7, 11) is 1.91. The number of aryl methyl sites for hydroxylation is 3. The highest BCUT2D eigenvalue weighted by Gasteiger charge is 2.23. The molecule has 0 saturated carbocycles. The van der Waals surface area contributed by atoms with Crippen LogP contribution in [0.4, 0.5) is 0 Å². The lowest BCUT2D eigenvalue weighted by molar-refractivity contribution is -0.121. The van der Waals surface area contributed by atoms with Crippen LogP contribution in [0.25, 0.3) is 11.0 Å². The zero-order chi connectivity index (χ0) is 20.2. The molecule has 1 amide bonds. The average molecular weight is 396 g/mol. The van der Waals surface area contributed by atoms with Gasteiger partial charge in [0.2, 0.25) is 5.91 Å². The van der Waals surface area contributed by atoms with E-state index in [0.717, 1.165) is 43.0 Å². The fourth-order valence-electron chi connectivity index (χ4n) is 4.01. The van der Waals surface area contributed by atoms with Crippen LogP contribution in [-0.2, 0) is 23.1 Å². The molecule has 1 aromatic carbocycles. The maximum Gasteiger partial charge on any atom is 0.221 e. The molecule has 1 unspecified atom stereocenters. The lowest BCUT2D eigenvalue weighted by Gasteiger charge is -2.35. The molecule has 1 saturated heterocycles. The Hall–Kier alpha value is -2.71. The number of morpholine rings is 1. The molecule has 1 aliphatic heterocycles. The minimum Gasteiger partial charge on any atom is -0.379 e. The largest absolute Gasteiger partial charge is 0.379 e. The van der Waals surface area contributed by atoms with Crippen LogP contribution in [0.5, 0.6) is 0 Å². The monoisotopic (exact) mass is 396 g/mol. The van der Waals surface area contributed by atoms with Gasteiger partial charge >= 0.3 is 0 Å². The first-order valence-corrected chi connectivity index (χ1v) is 10.1. The maximum atomic E-state index is 12.6. The van der Waals surface area contributed by atoms with Gasteiger partial charge in [-0.25, -0.2) is 0 Å². The summed E-state index contributed by atoms with van der Waals surface area (Å²) in [6.45, 7) is 6.31. The van der Waals surface area contributed by atoms with E-state index in [1.807, 2.05) is 41.5 Å². The third-order valence-electron chi connectivity index (χ3n) is 5.53. The minimum atomic E-state index is 0.0318. The smallest absolute Gasteiger partial charge is 0.221 e. The molecule has 3 aromatic rings. The van der Waals surface area contributed by atoms with Gasteiger partial charge in [-0.1, -0.05) is 30.3 Å². The second-order valence-electron chi connectivity index (χ2n) is 7.44. The van der Waals surface area contributed by atoms with Crippen LogP contribution >= 0.6 is 0 Å². The van der Waals surface area contributed by atoms with Crippen LogP contribution < -0.4 is 5.32 Å². The van der Waals surface area contributed by atoms with Crippen LogP contribution in [0.2, 0.25) is 0 Å². The van der Waals surface area contributed by atoms with Crippen molar-refractivity contribution in [1.82, 2.24) is 29.8 Å². The number of nitrogens with one attached hydrogen (secondary N) is 1. The van der Waals surface area contributed by atoms with Gasteiger partial charge in [0.15, 0.2) is 0 Å². The Morgan fingerprint density at radius 3 is 2.76 bits per heavy atom. The molecular formula is C21H28N6O2. The first-order chi connectivity index (χ1) is 14.1. The minimum absolute atomic E-state index is 0.0318. The second kappa shape index (κ2) is 8.75. The Labute approximate surface area is 170 Å². The number of nitrogens with zero attached hydrogens (tertiary/aromatic N) is 5. The molecule has 3 heterocycles. The van der Waals surface area contributed by atoms with Gasteiger partial charge in [0.25, 0.3) is 0 Å². The number of hydrogen-bond acceptors (Lipinski definition) is 5. The molecule has 0 radical (unpaired) electrons. The normalized spacial score (nSPS) is 16.2. The first-order valence-electron chi connectivity index (χ1n) is 10.1. The van der Waals surface area contributed by atoms with E-state index in [4.69, 9.17) is 4.74 Å². The molecule has 0 aliphatic carbocycles. The second-order valence-corrected chi connectivity index (χ2v) is 7.44. The molecular weight excluding hydrogens is 368 g/mol. The van der Waals surface area contributed by atoms with E-state index < -0.39 is 0 Å². The molecule has 2 aromatic heterocycles. The quantitative estimate of drug-likeness (QED) is 0.657. The lowest BCUT2D eigenvalue weighted by Crippen LogP contribution is -2.43. The van der Waals surface area contributed by atoms with Gasteiger partial charge in [-0.15, -0.1) is 0 Å². The highest BCUT2D eigenvalue weighted by molar-refractivity contribution is 5.78. The van der Waals surface area contributed by atoms with Crippen molar-refractivity contribution in [2.45, 2.75) is 25.9 Å². The Bertz CT molecular complexity index is 958. The molecule has 154 valence electrons. The number of aromatic nitrogens is 4. The number of fused-ring (bicyclic) bond motifs is 1. The van der Waals surface area contributed by atoms with E-state index in [-0.39, 0.29) is 11.9 Å². The summed E-state index contributed by atoms with van der Waals surface area (Å²) >= 11 is 0. The molecule has 1 aliphatic rings. The summed E-state index contributed by atoms with van der Waals surface area (Å²) in [5.41, 5.74) is 4.13. The van der Waals surface area contributed by atoms with Crippen LogP contribution in [-0.4, -0.2) is 63.2 Å². The van der Waals surface area contributed by atoms with Crippen molar-refractivity contribution in [3.05, 3.63) is 47.8 Å². The summed E-state index contributed by atoms with van der Waals surface area (Å²) < 4.78 is 9.18. The summed E-state index contributed by atoms with van der Waals surface area (Å²) in [4.78, 5) is 15.0. The lowest BCUT2D eigenvalue weighted by atomic mass is 10.0. The Kier molecular flexibility index (Phi) is 5.92. The number of rotatable bonds is 7. The van der Waals surface area contributed by atoms with Gasteiger partial charge < -0.3 is 10.1 Å². The zero-order valence-corrected chi connectivity index (χ0v) is 17.0. The Balaban J connectivity index is 1.37. The fourth-order valence-corrected chi connectivity index (χ4v) is 4.01. The average Bonchev–Trinajstić information content (AvgIpc) is 3.30. The third kappa shape index (κ3) is 4.33. The number of benzene rings is 1. The number of amides is 1. The summed E-state index contributed by atoms with van der Waals surface area (Å²) in [5.74, 6) is 0.0318. The van der Waals surface area contributed by atoms with Crippen LogP contribution in [0, 0.1) is 6.92 Å². The Morgan fingerprint density at radius 1 is 1.24 bits per heavy atom. The summed E-state index contributed by atoms with van der Waals surface area (Å²) in [6, 6.07) is 10.5. The highest BCUT2D eigenvalue weighted by atomic mass is 16.5. The van der Waals surface area contributed by atoms with E-state index >= 15 is 0 Å². The van der Waals surface area contributed by atoms with Crippen molar-refractivity contribution in [3.63, 3.8) is 0 Å². The molecule has 0 bridgehead atoms. The molecule has 8 heteroatoms. The van der Waals surface area contributed by atoms with Crippen LogP contribution in [0.3, 0.4) is 0 Å². The zero-order valence-electron chi connectivity index (χ0n) is 17.0. The topological polar surface area (TPSA) is 77.2 Å². The van der Waals surface area contributed by atoms with Gasteiger partial charge in [0.1, 0.15) is 11.0 Å². The van der Waals surface area contributed by atoms with E-state index in [1.54, 1.807) is 6.20 Å². The molecule has 1 N–H and O–H groups in total. The molecule has 4 rings (SSSR count). The van der Waals surface area contributed by atoms with Gasteiger partial charge in [0, 0.05) is 33.1 Å². The van der Waals surface area contributed by atoms with E-state index in [2.05, 4.69) is 32.5 Å². The van der Waals surface area contributed by atoms with Gasteiger partial charge in [0.05, 0.1) is 37.7 Å². The van der Waals surface area contributed by atoms with Crippen molar-refractivity contribution in [2.24, 2.45) is 7.05 Å². The molecule has 0 spiro atoms. The van der Waals surface area contributed by atoms with E-state index in [1.165, 1.54) is 5.56 Å². The van der Waals surface area contributed by atoms with E-state index in [9.17, 15) is 4.79 Å². The number of ether oxygens (including phenoxy) is 1. The SMILES string of the molecule is Cc1nn(C)c2cnn(CCC(=O)NCC(c3ccccc3)N3CCOCC3)c12. The van der Waals surface area contributed by atoms with Crippen molar-refractivity contribution in [2.75, 3.05) is 32.8 Å². The first kappa shape index (κ1) is 19.6. The summed E-state index contributed by atoms with van der Waals surface area (Å²) in [6.07, 6.45) is 2.19. The van der Waals surface area contributed by atoms with Gasteiger partial charge in [-0.05, 0) is 12.5 Å². The number of carbonyl (C=O) groups excluding carboxylic acids is 1. The third-order valence-corrected chi connectivity index (χ3v) is 5.53. The van der Waals surface area contributed by atoms with Crippen molar-refractivity contribution in [3.8, 4) is 0 Å². The molecule has 29 heavy (non-hydrogen) atoms. The Morgan fingerprint density at radius 2 is 2.00 bits per heavy atom. The fraction of sp³-hybridized carbons (Fsp3) is 0.476. The van der Waals surface area contributed by atoms with E-state index in [0.29, 0.717) is 19.5 Å². The predicted molar refractivity (Wildman–Crippen MR) is 110 cm³/mol. The van der Waals surface area contributed by atoms with Gasteiger partial charge in [-0.2, -0.15) is 10.2 Å². The van der Waals surface area contributed by atoms with Crippen LogP contribution in [0.15, 0.2) is 36.5 Å². The summed E-state index contributed by atoms with van der Waals surface area (Å²) in [5, 5.41) is 12.0. The highest BCUT2D eigenvalue weighted by Crippen LogP contribution is 2.21. The van der Waals surface area contributed by atoms with Gasteiger partial charge in [-0.3, -0.25) is 19.1 Å². The maximum absolute atomic E-state index is 12.6. The molecule has 1 atom stereocenters. The van der Waals surface area contributed by atoms with Crippen molar-refractivity contribution in [1.29, 1.82) is 0 Å². The number of carbonyl (C=O) groups is 1.